The number of rotatable bonds is 2. The second-order valence-electron chi connectivity index (χ2n) is 5.78. The number of hydrogen-bond acceptors (Lipinski definition) is 2. The second kappa shape index (κ2) is 4.73. The van der Waals surface area contributed by atoms with E-state index in [0.29, 0.717) is 6.54 Å². The van der Waals surface area contributed by atoms with Crippen LogP contribution in [0.2, 0.25) is 0 Å². The van der Waals surface area contributed by atoms with Crippen LogP contribution in [0.25, 0.3) is 0 Å². The first-order chi connectivity index (χ1) is 8.45. The first-order valence-electron chi connectivity index (χ1n) is 6.57. The third-order valence-electron chi connectivity index (χ3n) is 3.69. The van der Waals surface area contributed by atoms with Gasteiger partial charge in [-0.1, -0.05) is 17.7 Å². The van der Waals surface area contributed by atoms with Gasteiger partial charge in [0.1, 0.15) is 0 Å². The molecule has 0 atom stereocenters. The zero-order valence-corrected chi connectivity index (χ0v) is 11.5. The lowest BCUT2D eigenvalue weighted by Crippen LogP contribution is -2.46. The Morgan fingerprint density at radius 1 is 1.44 bits per heavy atom. The predicted molar refractivity (Wildman–Crippen MR) is 74.7 cm³/mol. The molecule has 0 saturated carbocycles. The molecule has 1 aromatic rings. The molecule has 0 radical (unpaired) electrons. The highest BCUT2D eigenvalue weighted by Crippen LogP contribution is 2.31. The lowest BCUT2D eigenvalue weighted by molar-refractivity contribution is -0.126. The summed E-state index contributed by atoms with van der Waals surface area (Å²) >= 11 is 0. The molecular formula is C15H22N2O. The van der Waals surface area contributed by atoms with Crippen molar-refractivity contribution >= 4 is 11.6 Å². The van der Waals surface area contributed by atoms with Gasteiger partial charge in [0.2, 0.25) is 5.91 Å². The fourth-order valence-corrected chi connectivity index (χ4v) is 2.39. The summed E-state index contributed by atoms with van der Waals surface area (Å²) in [6.45, 7) is 7.10. The highest BCUT2D eigenvalue weighted by molar-refractivity contribution is 5.98. The fraction of sp³-hybridized carbons (Fsp3) is 0.533. The van der Waals surface area contributed by atoms with Crippen LogP contribution in [0.3, 0.4) is 0 Å². The quantitative estimate of drug-likeness (QED) is 0.870. The number of nitrogens with two attached hydrogens (primary N) is 1. The third kappa shape index (κ3) is 2.27. The van der Waals surface area contributed by atoms with Crippen molar-refractivity contribution in [3.63, 3.8) is 0 Å². The van der Waals surface area contributed by atoms with Gasteiger partial charge in [-0.15, -0.1) is 0 Å². The van der Waals surface area contributed by atoms with Gasteiger partial charge in [0, 0.05) is 18.8 Å². The average Bonchev–Trinajstić information content (AvgIpc) is 2.36. The molecule has 0 aliphatic carbocycles. The van der Waals surface area contributed by atoms with E-state index in [1.165, 1.54) is 11.1 Å². The minimum Gasteiger partial charge on any atom is -0.329 e. The summed E-state index contributed by atoms with van der Waals surface area (Å²) < 4.78 is 0. The van der Waals surface area contributed by atoms with E-state index in [9.17, 15) is 4.79 Å². The number of amides is 1. The molecule has 1 heterocycles. The summed E-state index contributed by atoms with van der Waals surface area (Å²) in [6, 6.07) is 6.32. The topological polar surface area (TPSA) is 46.3 Å². The molecule has 1 amide bonds. The van der Waals surface area contributed by atoms with Crippen LogP contribution in [0.15, 0.2) is 18.2 Å². The lowest BCUT2D eigenvalue weighted by atomic mass is 9.89. The molecule has 0 unspecified atom stereocenters. The van der Waals surface area contributed by atoms with Crippen LogP contribution < -0.4 is 10.6 Å². The second-order valence-corrected chi connectivity index (χ2v) is 5.78. The Labute approximate surface area is 109 Å². The van der Waals surface area contributed by atoms with E-state index in [1.807, 2.05) is 18.7 Å². The Morgan fingerprint density at radius 2 is 2.17 bits per heavy atom. The standard InChI is InChI=1S/C15H22N2O/c1-11-6-7-13-12(9-11)5-4-8-17(13)14(18)15(2,3)10-16/h6-7,9H,4-5,8,10,16H2,1-3H3. The normalized spacial score (nSPS) is 15.4. The summed E-state index contributed by atoms with van der Waals surface area (Å²) in [4.78, 5) is 14.5. The van der Waals surface area contributed by atoms with Crippen LogP contribution in [0.5, 0.6) is 0 Å². The monoisotopic (exact) mass is 246 g/mol. The Kier molecular flexibility index (Phi) is 3.44. The van der Waals surface area contributed by atoms with Gasteiger partial charge in [-0.2, -0.15) is 0 Å². The number of hydrogen-bond donors (Lipinski definition) is 1. The number of carbonyl (C=O) groups excluding carboxylic acids is 1. The van der Waals surface area contributed by atoms with Crippen molar-refractivity contribution in [1.82, 2.24) is 0 Å². The highest BCUT2D eigenvalue weighted by Gasteiger charge is 2.33. The molecule has 98 valence electrons. The molecule has 0 fully saturated rings. The molecule has 2 rings (SSSR count). The maximum Gasteiger partial charge on any atom is 0.233 e. The van der Waals surface area contributed by atoms with Crippen LogP contribution in [0.1, 0.15) is 31.4 Å². The zero-order chi connectivity index (χ0) is 13.3. The maximum absolute atomic E-state index is 12.5. The smallest absolute Gasteiger partial charge is 0.233 e. The van der Waals surface area contributed by atoms with Crippen molar-refractivity contribution < 1.29 is 4.79 Å². The number of aryl methyl sites for hydroxylation is 2. The molecule has 1 aliphatic heterocycles. The predicted octanol–water partition coefficient (Wildman–Crippen LogP) is 2.26. The summed E-state index contributed by atoms with van der Waals surface area (Å²) in [7, 11) is 0. The third-order valence-corrected chi connectivity index (χ3v) is 3.69. The minimum atomic E-state index is -0.487. The summed E-state index contributed by atoms with van der Waals surface area (Å²) in [5, 5.41) is 0. The lowest BCUT2D eigenvalue weighted by Gasteiger charge is -2.35. The van der Waals surface area contributed by atoms with Gasteiger partial charge in [-0.3, -0.25) is 4.79 Å². The van der Waals surface area contributed by atoms with Crippen LogP contribution in [-0.4, -0.2) is 19.0 Å². The summed E-state index contributed by atoms with van der Waals surface area (Å²) in [5.41, 5.74) is 8.82. The van der Waals surface area contributed by atoms with Crippen molar-refractivity contribution in [2.24, 2.45) is 11.1 Å². The Morgan fingerprint density at radius 3 is 2.83 bits per heavy atom. The van der Waals surface area contributed by atoms with E-state index in [2.05, 4.69) is 25.1 Å². The van der Waals surface area contributed by atoms with Crippen molar-refractivity contribution in [3.8, 4) is 0 Å². The van der Waals surface area contributed by atoms with Crippen LogP contribution in [0, 0.1) is 12.3 Å². The molecule has 0 bridgehead atoms. The number of carbonyl (C=O) groups is 1. The molecule has 2 N–H and O–H groups in total. The van der Waals surface area contributed by atoms with E-state index >= 15 is 0 Å². The Hall–Kier alpha value is -1.35. The van der Waals surface area contributed by atoms with E-state index in [0.717, 1.165) is 25.1 Å². The van der Waals surface area contributed by atoms with E-state index in [4.69, 9.17) is 5.73 Å². The average molecular weight is 246 g/mol. The van der Waals surface area contributed by atoms with Gasteiger partial charge in [0.15, 0.2) is 0 Å². The van der Waals surface area contributed by atoms with Gasteiger partial charge in [0.05, 0.1) is 5.41 Å². The minimum absolute atomic E-state index is 0.134. The van der Waals surface area contributed by atoms with Gasteiger partial charge in [0.25, 0.3) is 0 Å². The Balaban J connectivity index is 2.36. The van der Waals surface area contributed by atoms with Gasteiger partial charge >= 0.3 is 0 Å². The number of anilines is 1. The molecule has 18 heavy (non-hydrogen) atoms. The highest BCUT2D eigenvalue weighted by atomic mass is 16.2. The largest absolute Gasteiger partial charge is 0.329 e. The van der Waals surface area contributed by atoms with Crippen molar-refractivity contribution in [1.29, 1.82) is 0 Å². The van der Waals surface area contributed by atoms with Crippen molar-refractivity contribution in [3.05, 3.63) is 29.3 Å². The van der Waals surface area contributed by atoms with Gasteiger partial charge in [-0.25, -0.2) is 0 Å². The molecule has 0 spiro atoms. The summed E-state index contributed by atoms with van der Waals surface area (Å²) in [5.74, 6) is 0.134. The number of fused-ring (bicyclic) bond motifs is 1. The molecule has 0 aromatic heterocycles. The van der Waals surface area contributed by atoms with E-state index in [1.54, 1.807) is 0 Å². The summed E-state index contributed by atoms with van der Waals surface area (Å²) in [6.07, 6.45) is 2.09. The number of nitrogens with zero attached hydrogens (tertiary/aromatic N) is 1. The Bertz CT molecular complexity index is 466. The number of benzene rings is 1. The van der Waals surface area contributed by atoms with Gasteiger partial charge in [-0.05, 0) is 45.2 Å². The molecule has 1 aliphatic rings. The molecule has 0 saturated heterocycles. The van der Waals surface area contributed by atoms with Crippen LogP contribution in [0.4, 0.5) is 5.69 Å². The SMILES string of the molecule is Cc1ccc2c(c1)CCCN2C(=O)C(C)(C)CN. The maximum atomic E-state index is 12.5. The molecule has 1 aromatic carbocycles. The van der Waals surface area contributed by atoms with E-state index in [-0.39, 0.29) is 5.91 Å². The van der Waals surface area contributed by atoms with Crippen LogP contribution >= 0.6 is 0 Å². The molecule has 3 heteroatoms. The first-order valence-corrected chi connectivity index (χ1v) is 6.57. The van der Waals surface area contributed by atoms with Crippen molar-refractivity contribution in [2.75, 3.05) is 18.0 Å². The van der Waals surface area contributed by atoms with Gasteiger partial charge < -0.3 is 10.6 Å². The van der Waals surface area contributed by atoms with Crippen LogP contribution in [-0.2, 0) is 11.2 Å². The van der Waals surface area contributed by atoms with Crippen molar-refractivity contribution in [2.45, 2.75) is 33.6 Å². The molecule has 3 nitrogen and oxygen atoms in total. The van der Waals surface area contributed by atoms with E-state index < -0.39 is 5.41 Å². The zero-order valence-electron chi connectivity index (χ0n) is 11.5. The molecular weight excluding hydrogens is 224 g/mol. The first kappa shape index (κ1) is 13.1. The fourth-order valence-electron chi connectivity index (χ4n) is 2.39.